The molecule has 0 aliphatic heterocycles. The maximum Gasteiger partial charge on any atom is 0.0362 e. The summed E-state index contributed by atoms with van der Waals surface area (Å²) in [5.74, 6) is 0. The van der Waals surface area contributed by atoms with Crippen LogP contribution in [-0.4, -0.2) is 4.87 Å². The average Bonchev–Trinajstić information content (AvgIpc) is 1.35. The number of halogens is 1. The van der Waals surface area contributed by atoms with Crippen molar-refractivity contribution < 1.29 is 1.37 Å². The summed E-state index contributed by atoms with van der Waals surface area (Å²) in [6, 6.07) is 0. The molecule has 0 amide bonds. The molecule has 1 heteroatoms. The van der Waals surface area contributed by atoms with E-state index in [4.69, 9.17) is 13.0 Å². The van der Waals surface area contributed by atoms with Crippen LogP contribution in [0.4, 0.5) is 0 Å². The highest BCUT2D eigenvalue weighted by Gasteiger charge is 1.99. The summed E-state index contributed by atoms with van der Waals surface area (Å²) < 4.78 is 6.72. The first-order valence-corrected chi connectivity index (χ1v) is 1.92. The predicted molar refractivity (Wildman–Crippen MR) is 25.6 cm³/mol. The smallest absolute Gasteiger partial charge is 0.0362 e. The van der Waals surface area contributed by atoms with Gasteiger partial charge in [-0.2, -0.15) is 0 Å². The highest BCUT2D eigenvalue weighted by Crippen LogP contribution is 2.07. The molecule has 0 aromatic heterocycles. The molecule has 0 N–H and O–H groups in total. The Labute approximate surface area is 39.5 Å². The van der Waals surface area contributed by atoms with Crippen LogP contribution in [0.15, 0.2) is 0 Å². The van der Waals surface area contributed by atoms with Crippen LogP contribution in [0.1, 0.15) is 22.1 Å². The summed E-state index contributed by atoms with van der Waals surface area (Å²) >= 11 is 5.53. The van der Waals surface area contributed by atoms with Crippen molar-refractivity contribution in [3.05, 3.63) is 0 Å². The molecule has 0 saturated heterocycles. The summed E-state index contributed by atoms with van der Waals surface area (Å²) in [5.41, 5.74) is 0. The third-order valence-corrected chi connectivity index (χ3v) is 0. The van der Waals surface area contributed by atoms with E-state index in [1.165, 1.54) is 0 Å². The molecular formula is C4H9Cl. The van der Waals surface area contributed by atoms with Crippen molar-refractivity contribution in [1.29, 1.82) is 0 Å². The van der Waals surface area contributed by atoms with E-state index < -0.39 is 0 Å². The molecule has 0 aliphatic rings. The maximum atomic E-state index is 6.72. The van der Waals surface area contributed by atoms with Crippen molar-refractivity contribution >= 4 is 11.6 Å². The number of hydrogen-bond acceptors (Lipinski definition) is 0. The maximum absolute atomic E-state index is 6.72. The van der Waals surface area contributed by atoms with Crippen LogP contribution in [-0.2, 0) is 0 Å². The fourth-order valence-corrected chi connectivity index (χ4v) is 0. The van der Waals surface area contributed by atoms with Gasteiger partial charge >= 0.3 is 0 Å². The lowest BCUT2D eigenvalue weighted by molar-refractivity contribution is 0.788. The van der Waals surface area contributed by atoms with Crippen molar-refractivity contribution in [1.82, 2.24) is 0 Å². The SMILES string of the molecule is [2H]CC(C)(C)Cl. The largest absolute Gasteiger partial charge is 0.120 e. The van der Waals surface area contributed by atoms with Crippen LogP contribution < -0.4 is 0 Å². The second-order valence-corrected chi connectivity index (χ2v) is 2.74. The van der Waals surface area contributed by atoms with Gasteiger partial charge in [-0.1, -0.05) is 0 Å². The van der Waals surface area contributed by atoms with E-state index in [1.54, 1.807) is 0 Å². The average molecular weight is 93.6 g/mol. The van der Waals surface area contributed by atoms with Gasteiger partial charge in [-0.25, -0.2) is 0 Å². The van der Waals surface area contributed by atoms with Gasteiger partial charge in [0.1, 0.15) is 0 Å². The molecule has 0 atom stereocenters. The molecule has 32 valence electrons. The van der Waals surface area contributed by atoms with Gasteiger partial charge in [-0.15, -0.1) is 11.6 Å². The standard InChI is InChI=1S/C4H9Cl/c1-4(2,3)5/h1-3H3/i1D. The first-order valence-electron chi connectivity index (χ1n) is 2.25. The Hall–Kier alpha value is 0.290. The minimum atomic E-state index is -0.319. The van der Waals surface area contributed by atoms with Gasteiger partial charge in [0.05, 0.1) is 0 Å². The third kappa shape index (κ3) is 268. The summed E-state index contributed by atoms with van der Waals surface area (Å²) in [7, 11) is 0. The number of alkyl halides is 1. The lowest BCUT2D eigenvalue weighted by Gasteiger charge is -2.01. The Balaban J connectivity index is 3.17. The lowest BCUT2D eigenvalue weighted by atomic mass is 10.3. The molecule has 0 radical (unpaired) electrons. The van der Waals surface area contributed by atoms with Gasteiger partial charge in [0.15, 0.2) is 0 Å². The van der Waals surface area contributed by atoms with E-state index in [2.05, 4.69) is 0 Å². The van der Waals surface area contributed by atoms with Crippen LogP contribution in [0.5, 0.6) is 0 Å². The molecule has 0 nitrogen and oxygen atoms in total. The Kier molecular flexibility index (Phi) is 0.817. The Morgan fingerprint density at radius 2 is 2.00 bits per heavy atom. The molecule has 5 heavy (non-hydrogen) atoms. The highest BCUT2D eigenvalue weighted by atomic mass is 35.5. The minimum absolute atomic E-state index is 0.286. The van der Waals surface area contributed by atoms with E-state index in [0.29, 0.717) is 0 Å². The van der Waals surface area contributed by atoms with E-state index in [0.717, 1.165) is 0 Å². The van der Waals surface area contributed by atoms with Gasteiger partial charge in [0, 0.05) is 6.24 Å². The van der Waals surface area contributed by atoms with Crippen LogP contribution in [0.25, 0.3) is 0 Å². The normalized spacial score (nSPS) is 14.6. The molecule has 0 fully saturated rings. The van der Waals surface area contributed by atoms with Crippen molar-refractivity contribution in [3.8, 4) is 0 Å². The molecule has 0 aromatic carbocycles. The first-order chi connectivity index (χ1) is 2.56. The van der Waals surface area contributed by atoms with Crippen molar-refractivity contribution in [2.24, 2.45) is 0 Å². The van der Waals surface area contributed by atoms with E-state index in [-0.39, 0.29) is 11.8 Å². The van der Waals surface area contributed by atoms with Crippen molar-refractivity contribution in [3.63, 3.8) is 0 Å². The molecule has 0 spiro atoms. The summed E-state index contributed by atoms with van der Waals surface area (Å²) in [6.45, 7) is 3.93. The third-order valence-electron chi connectivity index (χ3n) is 0. The molecule has 0 bridgehead atoms. The Morgan fingerprint density at radius 1 is 1.80 bits per heavy atom. The van der Waals surface area contributed by atoms with Gasteiger partial charge in [-0.05, 0) is 20.7 Å². The fraction of sp³-hybridized carbons (Fsp3) is 1.00. The quantitative estimate of drug-likeness (QED) is 0.402. The fourth-order valence-electron chi connectivity index (χ4n) is 0. The second-order valence-electron chi connectivity index (χ2n) is 1.72. The monoisotopic (exact) mass is 93.0 g/mol. The van der Waals surface area contributed by atoms with Gasteiger partial charge in [-0.3, -0.25) is 0 Å². The van der Waals surface area contributed by atoms with E-state index in [9.17, 15) is 0 Å². The molecular weight excluding hydrogens is 83.5 g/mol. The van der Waals surface area contributed by atoms with E-state index >= 15 is 0 Å². The highest BCUT2D eigenvalue weighted by molar-refractivity contribution is 6.23. The lowest BCUT2D eigenvalue weighted by Crippen LogP contribution is -1.99. The molecule has 0 unspecified atom stereocenters. The predicted octanol–water partition coefficient (Wildman–Crippen LogP) is 2.02. The van der Waals surface area contributed by atoms with Crippen LogP contribution in [0.2, 0.25) is 0 Å². The summed E-state index contributed by atoms with van der Waals surface area (Å²) in [6.07, 6.45) is 0. The zero-order valence-electron chi connectivity index (χ0n) is 4.59. The second kappa shape index (κ2) is 1.17. The Morgan fingerprint density at radius 3 is 2.00 bits per heavy atom. The summed E-state index contributed by atoms with van der Waals surface area (Å²) in [4.78, 5) is -0.319. The molecule has 0 saturated carbocycles. The van der Waals surface area contributed by atoms with Crippen molar-refractivity contribution in [2.75, 3.05) is 0 Å². The van der Waals surface area contributed by atoms with Gasteiger partial charge in [0.25, 0.3) is 0 Å². The van der Waals surface area contributed by atoms with Crippen molar-refractivity contribution in [2.45, 2.75) is 25.6 Å². The number of rotatable bonds is 0. The van der Waals surface area contributed by atoms with Crippen LogP contribution in [0.3, 0.4) is 0 Å². The Bertz CT molecular complexity index is 37.3. The van der Waals surface area contributed by atoms with E-state index in [1.807, 2.05) is 13.8 Å². The zero-order valence-corrected chi connectivity index (χ0v) is 4.34. The molecule has 0 heterocycles. The molecule has 0 aromatic rings. The van der Waals surface area contributed by atoms with Crippen LogP contribution in [0, 0.1) is 0 Å². The molecule has 0 aliphatic carbocycles. The first kappa shape index (κ1) is 3.48. The summed E-state index contributed by atoms with van der Waals surface area (Å²) in [5, 5.41) is 0. The number of hydrogen-bond donors (Lipinski definition) is 0. The zero-order chi connectivity index (χ0) is 5.21. The topological polar surface area (TPSA) is 0 Å². The molecule has 0 rings (SSSR count). The van der Waals surface area contributed by atoms with Gasteiger partial charge < -0.3 is 0 Å². The minimum Gasteiger partial charge on any atom is -0.120 e. The van der Waals surface area contributed by atoms with Crippen LogP contribution >= 0.6 is 11.6 Å². The van der Waals surface area contributed by atoms with Gasteiger partial charge in [0.2, 0.25) is 0 Å².